The van der Waals surface area contributed by atoms with E-state index in [-0.39, 0.29) is 6.29 Å². The third kappa shape index (κ3) is 8.48. The van der Waals surface area contributed by atoms with E-state index in [0.29, 0.717) is 0 Å². The zero-order valence-electron chi connectivity index (χ0n) is 23.5. The minimum atomic E-state index is -2.14. The molecule has 3 heterocycles. The fourth-order valence-corrected chi connectivity index (χ4v) is 4.98. The second-order valence-electron chi connectivity index (χ2n) is 10.8. The summed E-state index contributed by atoms with van der Waals surface area (Å²) in [6, 6.07) is 0. The molecule has 3 aliphatic heterocycles. The lowest BCUT2D eigenvalue weighted by Crippen LogP contribution is -2.65. The molecule has 0 amide bonds. The fraction of sp³-hybridized carbons (Fsp3) is 0.958. The second kappa shape index (κ2) is 16.8. The van der Waals surface area contributed by atoms with Gasteiger partial charge in [0.25, 0.3) is 0 Å². The zero-order chi connectivity index (χ0) is 33.7. The van der Waals surface area contributed by atoms with Gasteiger partial charge in [-0.2, -0.15) is 0 Å². The van der Waals surface area contributed by atoms with Gasteiger partial charge in [-0.15, -0.1) is 0 Å². The Morgan fingerprint density at radius 1 is 0.622 bits per heavy atom. The standard InChI is InChI=1S/C24H42O21/c25-1-6(29)11(31)20(7(30)2-26)44-24-19(39)16(36)21(9(4-28)42-24)45-23-18(38)15(35)13(33)10(43-23)5-40-22-17(37)14(34)12(32)8(3-27)41-22/h1,6-24,26-39H,2-5H2/t6-,7+,8+,9+,10+,11+,12+,13+,14-,15-,16+,17-,18+,19+,20+,21+,22-,23+,24+/m0/s1. The highest BCUT2D eigenvalue weighted by Gasteiger charge is 2.52. The lowest BCUT2D eigenvalue weighted by molar-refractivity contribution is -0.371. The first kappa shape index (κ1) is 38.3. The molecule has 14 N–H and O–H groups in total. The first-order valence-electron chi connectivity index (χ1n) is 13.9. The molecule has 0 unspecified atom stereocenters. The normalized spacial score (nSPS) is 45.4. The third-order valence-corrected chi connectivity index (χ3v) is 7.74. The van der Waals surface area contributed by atoms with E-state index in [1.165, 1.54) is 0 Å². The Balaban J connectivity index is 1.70. The third-order valence-electron chi connectivity index (χ3n) is 7.74. The average Bonchev–Trinajstić information content (AvgIpc) is 3.04. The van der Waals surface area contributed by atoms with Gasteiger partial charge in [0.15, 0.2) is 25.2 Å². The molecular weight excluding hydrogens is 624 g/mol. The highest BCUT2D eigenvalue weighted by Crippen LogP contribution is 2.31. The number of aliphatic hydroxyl groups excluding tert-OH is 14. The molecule has 264 valence electrons. The molecule has 0 saturated carbocycles. The van der Waals surface area contributed by atoms with Gasteiger partial charge >= 0.3 is 0 Å². The minimum absolute atomic E-state index is 0.0957. The molecule has 45 heavy (non-hydrogen) atoms. The van der Waals surface area contributed by atoms with Crippen LogP contribution in [0.4, 0.5) is 0 Å². The molecule has 21 nitrogen and oxygen atoms in total. The van der Waals surface area contributed by atoms with Crippen LogP contribution in [0.2, 0.25) is 0 Å². The largest absolute Gasteiger partial charge is 0.394 e. The summed E-state index contributed by atoms with van der Waals surface area (Å²) in [5.74, 6) is 0. The topological polar surface area (TPSA) is 356 Å². The SMILES string of the molecule is O=C[C@H](O)[C@@H](O)[C@H](O[C@H]1O[C@H](CO)[C@@H](O[C@H]2O[C@H](CO[C@H]3O[C@H](CO)[C@@H](O)[C@H](O)[C@@H]3O)[C@@H](O)[C@H](O)[C@H]2O)[C@H](O)[C@H]1O)[C@H](O)CO. The van der Waals surface area contributed by atoms with Crippen LogP contribution in [0.5, 0.6) is 0 Å². The predicted octanol–water partition coefficient (Wildman–Crippen LogP) is -9.91. The summed E-state index contributed by atoms with van der Waals surface area (Å²) in [6.45, 7) is -3.46. The van der Waals surface area contributed by atoms with Crippen molar-refractivity contribution < 1.29 is 105 Å². The highest BCUT2D eigenvalue weighted by molar-refractivity contribution is 5.56. The van der Waals surface area contributed by atoms with Crippen LogP contribution in [-0.4, -0.2) is 221 Å². The van der Waals surface area contributed by atoms with Crippen molar-refractivity contribution in [2.45, 2.75) is 117 Å². The van der Waals surface area contributed by atoms with Gasteiger partial charge in [0.1, 0.15) is 97.7 Å². The molecule has 0 aliphatic carbocycles. The average molecular weight is 667 g/mol. The summed E-state index contributed by atoms with van der Waals surface area (Å²) in [5, 5.41) is 141. The van der Waals surface area contributed by atoms with Gasteiger partial charge in [0.2, 0.25) is 0 Å². The van der Waals surface area contributed by atoms with Crippen molar-refractivity contribution in [2.75, 3.05) is 26.4 Å². The van der Waals surface area contributed by atoms with Gasteiger partial charge in [0, 0.05) is 0 Å². The van der Waals surface area contributed by atoms with E-state index in [2.05, 4.69) is 0 Å². The maximum absolute atomic E-state index is 10.9. The molecule has 21 heteroatoms. The van der Waals surface area contributed by atoms with E-state index in [1.807, 2.05) is 0 Å². The van der Waals surface area contributed by atoms with Gasteiger partial charge in [-0.3, -0.25) is 0 Å². The number of hydrogen-bond acceptors (Lipinski definition) is 21. The summed E-state index contributed by atoms with van der Waals surface area (Å²) >= 11 is 0. The Morgan fingerprint density at radius 2 is 1.13 bits per heavy atom. The number of hydrogen-bond donors (Lipinski definition) is 14. The first-order valence-corrected chi connectivity index (χ1v) is 13.9. The maximum atomic E-state index is 10.9. The van der Waals surface area contributed by atoms with E-state index in [0.717, 1.165) is 0 Å². The highest BCUT2D eigenvalue weighted by atomic mass is 16.8. The van der Waals surface area contributed by atoms with Crippen LogP contribution in [0.25, 0.3) is 0 Å². The molecule has 0 aromatic rings. The van der Waals surface area contributed by atoms with Crippen LogP contribution >= 0.6 is 0 Å². The Labute approximate surface area is 254 Å². The van der Waals surface area contributed by atoms with Crippen molar-refractivity contribution in [3.8, 4) is 0 Å². The zero-order valence-corrected chi connectivity index (χ0v) is 23.5. The van der Waals surface area contributed by atoms with Crippen LogP contribution in [0.15, 0.2) is 0 Å². The minimum Gasteiger partial charge on any atom is -0.394 e. The lowest BCUT2D eigenvalue weighted by Gasteiger charge is -2.47. The van der Waals surface area contributed by atoms with E-state index in [9.17, 15) is 76.3 Å². The molecule has 0 bridgehead atoms. The van der Waals surface area contributed by atoms with Crippen molar-refractivity contribution in [3.05, 3.63) is 0 Å². The smallest absolute Gasteiger partial charge is 0.187 e. The van der Waals surface area contributed by atoms with Crippen molar-refractivity contribution in [1.29, 1.82) is 0 Å². The molecule has 0 aromatic carbocycles. The fourth-order valence-electron chi connectivity index (χ4n) is 4.98. The van der Waals surface area contributed by atoms with Gasteiger partial charge in [0.05, 0.1) is 26.4 Å². The van der Waals surface area contributed by atoms with Crippen LogP contribution in [0.3, 0.4) is 0 Å². The summed E-state index contributed by atoms with van der Waals surface area (Å²) in [7, 11) is 0. The molecule has 3 fully saturated rings. The summed E-state index contributed by atoms with van der Waals surface area (Å²) < 4.78 is 32.2. The monoisotopic (exact) mass is 666 g/mol. The van der Waals surface area contributed by atoms with Crippen molar-refractivity contribution in [2.24, 2.45) is 0 Å². The number of rotatable bonds is 14. The molecule has 3 aliphatic rings. The molecule has 0 aromatic heterocycles. The summed E-state index contributed by atoms with van der Waals surface area (Å²) in [6.07, 6.45) is -35.3. The molecule has 0 spiro atoms. The van der Waals surface area contributed by atoms with Crippen molar-refractivity contribution in [1.82, 2.24) is 0 Å². The Hall–Kier alpha value is -1.13. The molecule has 19 atom stereocenters. The Kier molecular flexibility index (Phi) is 14.3. The first-order chi connectivity index (χ1) is 21.2. The quantitative estimate of drug-likeness (QED) is 0.0765. The number of aliphatic hydroxyl groups is 14. The predicted molar refractivity (Wildman–Crippen MR) is 135 cm³/mol. The Bertz CT molecular complexity index is 897. The number of aldehydes is 1. The van der Waals surface area contributed by atoms with Gasteiger partial charge in [-0.05, 0) is 0 Å². The van der Waals surface area contributed by atoms with Gasteiger partial charge < -0.3 is 105 Å². The Morgan fingerprint density at radius 3 is 1.69 bits per heavy atom. The van der Waals surface area contributed by atoms with Crippen LogP contribution in [0.1, 0.15) is 0 Å². The van der Waals surface area contributed by atoms with E-state index in [4.69, 9.17) is 28.4 Å². The lowest BCUT2D eigenvalue weighted by atomic mass is 9.96. The molecular formula is C24H42O21. The van der Waals surface area contributed by atoms with Crippen molar-refractivity contribution >= 4 is 6.29 Å². The summed E-state index contributed by atoms with van der Waals surface area (Å²) in [5.41, 5.74) is 0. The maximum Gasteiger partial charge on any atom is 0.187 e. The molecule has 3 saturated heterocycles. The molecule has 0 radical (unpaired) electrons. The summed E-state index contributed by atoms with van der Waals surface area (Å²) in [4.78, 5) is 10.9. The number of carbonyl (C=O) groups is 1. The van der Waals surface area contributed by atoms with Crippen LogP contribution in [0, 0.1) is 0 Å². The van der Waals surface area contributed by atoms with E-state index in [1.54, 1.807) is 0 Å². The van der Waals surface area contributed by atoms with E-state index < -0.39 is 143 Å². The van der Waals surface area contributed by atoms with Gasteiger partial charge in [-0.1, -0.05) is 0 Å². The van der Waals surface area contributed by atoms with E-state index >= 15 is 0 Å². The van der Waals surface area contributed by atoms with Crippen molar-refractivity contribution in [3.63, 3.8) is 0 Å². The molecule has 3 rings (SSSR count). The number of carbonyl (C=O) groups excluding carboxylic acids is 1. The van der Waals surface area contributed by atoms with Crippen LogP contribution < -0.4 is 0 Å². The number of ether oxygens (including phenoxy) is 6. The van der Waals surface area contributed by atoms with Gasteiger partial charge in [-0.25, -0.2) is 0 Å². The van der Waals surface area contributed by atoms with Crippen LogP contribution in [-0.2, 0) is 33.2 Å². The second-order valence-corrected chi connectivity index (χ2v) is 10.8.